The van der Waals surface area contributed by atoms with Gasteiger partial charge in [-0.2, -0.15) is 0 Å². The highest BCUT2D eigenvalue weighted by Gasteiger charge is 2.32. The topological polar surface area (TPSA) is 59.6 Å². The van der Waals surface area contributed by atoms with Crippen molar-refractivity contribution in [2.24, 2.45) is 5.92 Å². The molecule has 0 saturated carbocycles. The zero-order chi connectivity index (χ0) is 22.9. The van der Waals surface area contributed by atoms with Gasteiger partial charge in [-0.25, -0.2) is 0 Å². The standard InChI is InChI=1S/C26H29ClN4O2/c1-29-12-14-30(15-13-29)26(33)19-8-5-11-31(17-19)24-23(18-6-3-2-4-7-18)21-16-20(27)9-10-22(21)28-25(24)32/h2-4,6-7,9-10,16,19H,5,8,11-15,17H2,1H3,(H,28,32)/t19-/m0/s1. The van der Waals surface area contributed by atoms with Crippen LogP contribution in [0.15, 0.2) is 53.3 Å². The number of anilines is 1. The number of benzene rings is 2. The van der Waals surface area contributed by atoms with Gasteiger partial charge < -0.3 is 19.7 Å². The van der Waals surface area contributed by atoms with Crippen LogP contribution in [0.4, 0.5) is 5.69 Å². The maximum Gasteiger partial charge on any atom is 0.272 e. The molecule has 1 atom stereocenters. The SMILES string of the molecule is CN1CCN(C(=O)[C@H]2CCCN(c3c(-c4ccccc4)c4cc(Cl)ccc4[nH]c3=O)C2)CC1. The highest BCUT2D eigenvalue weighted by atomic mass is 35.5. The lowest BCUT2D eigenvalue weighted by molar-refractivity contribution is -0.137. The maximum atomic E-state index is 13.4. The monoisotopic (exact) mass is 464 g/mol. The third-order valence-corrected chi connectivity index (χ3v) is 7.15. The van der Waals surface area contributed by atoms with Gasteiger partial charge in [-0.15, -0.1) is 0 Å². The average molecular weight is 465 g/mol. The molecule has 0 unspecified atom stereocenters. The van der Waals surface area contributed by atoms with Gasteiger partial charge in [0.25, 0.3) is 5.56 Å². The van der Waals surface area contributed by atoms with Gasteiger partial charge in [-0.1, -0.05) is 41.9 Å². The quantitative estimate of drug-likeness (QED) is 0.639. The van der Waals surface area contributed by atoms with Crippen LogP contribution in [-0.2, 0) is 4.79 Å². The molecule has 7 heteroatoms. The number of carbonyl (C=O) groups excluding carboxylic acids is 1. The van der Waals surface area contributed by atoms with Gasteiger partial charge in [0, 0.05) is 60.8 Å². The fraction of sp³-hybridized carbons (Fsp3) is 0.385. The Balaban J connectivity index is 1.54. The number of halogens is 1. The van der Waals surface area contributed by atoms with Crippen LogP contribution in [0.1, 0.15) is 12.8 Å². The first-order valence-corrected chi connectivity index (χ1v) is 12.0. The molecule has 3 heterocycles. The number of piperazine rings is 1. The first kappa shape index (κ1) is 22.0. The van der Waals surface area contributed by atoms with Gasteiger partial charge in [-0.3, -0.25) is 9.59 Å². The van der Waals surface area contributed by atoms with Gasteiger partial charge >= 0.3 is 0 Å². The summed E-state index contributed by atoms with van der Waals surface area (Å²) >= 11 is 6.36. The number of hydrogen-bond acceptors (Lipinski definition) is 4. The number of aromatic nitrogens is 1. The molecular weight excluding hydrogens is 436 g/mol. The minimum absolute atomic E-state index is 0.0970. The Hall–Kier alpha value is -2.83. The van der Waals surface area contributed by atoms with Gasteiger partial charge in [0.1, 0.15) is 5.69 Å². The summed E-state index contributed by atoms with van der Waals surface area (Å²) in [7, 11) is 2.09. The molecule has 1 aromatic heterocycles. The second kappa shape index (κ2) is 9.20. The van der Waals surface area contributed by atoms with E-state index in [0.29, 0.717) is 17.3 Å². The van der Waals surface area contributed by atoms with E-state index in [9.17, 15) is 9.59 Å². The smallest absolute Gasteiger partial charge is 0.272 e. The molecular formula is C26H29ClN4O2. The van der Waals surface area contributed by atoms with Crippen LogP contribution < -0.4 is 10.5 Å². The summed E-state index contributed by atoms with van der Waals surface area (Å²) in [4.78, 5) is 36.1. The van der Waals surface area contributed by atoms with E-state index in [0.717, 1.165) is 67.6 Å². The first-order valence-electron chi connectivity index (χ1n) is 11.6. The summed E-state index contributed by atoms with van der Waals surface area (Å²) in [5, 5.41) is 1.54. The molecule has 2 aliphatic heterocycles. The number of H-pyrrole nitrogens is 1. The lowest BCUT2D eigenvalue weighted by atomic mass is 9.93. The predicted molar refractivity (Wildman–Crippen MR) is 134 cm³/mol. The third-order valence-electron chi connectivity index (χ3n) is 6.92. The number of nitrogens with zero attached hydrogens (tertiary/aromatic N) is 3. The number of fused-ring (bicyclic) bond motifs is 1. The number of aromatic amines is 1. The minimum atomic E-state index is -0.128. The van der Waals surface area contributed by atoms with E-state index in [1.807, 2.05) is 47.4 Å². The second-order valence-electron chi connectivity index (χ2n) is 9.15. The zero-order valence-electron chi connectivity index (χ0n) is 18.9. The molecule has 1 N–H and O–H groups in total. The highest BCUT2D eigenvalue weighted by molar-refractivity contribution is 6.31. The molecule has 3 aromatic rings. The number of amides is 1. The van der Waals surface area contributed by atoms with Crippen LogP contribution in [0.25, 0.3) is 22.0 Å². The fourth-order valence-electron chi connectivity index (χ4n) is 5.12. The molecule has 0 radical (unpaired) electrons. The molecule has 2 fully saturated rings. The van der Waals surface area contributed by atoms with Crippen molar-refractivity contribution in [2.75, 3.05) is 51.2 Å². The van der Waals surface area contributed by atoms with Gasteiger partial charge in [0.2, 0.25) is 5.91 Å². The van der Waals surface area contributed by atoms with Crippen molar-refractivity contribution in [2.45, 2.75) is 12.8 Å². The van der Waals surface area contributed by atoms with Crippen molar-refractivity contribution in [1.82, 2.24) is 14.8 Å². The van der Waals surface area contributed by atoms with E-state index < -0.39 is 0 Å². The fourth-order valence-corrected chi connectivity index (χ4v) is 5.29. The van der Waals surface area contributed by atoms with Gasteiger partial charge in [-0.05, 0) is 43.7 Å². The minimum Gasteiger partial charge on any atom is -0.366 e. The maximum absolute atomic E-state index is 13.4. The Morgan fingerprint density at radius 2 is 1.79 bits per heavy atom. The number of piperidine rings is 1. The molecule has 5 rings (SSSR count). The Morgan fingerprint density at radius 3 is 2.55 bits per heavy atom. The summed E-state index contributed by atoms with van der Waals surface area (Å²) in [5.74, 6) is 0.120. The van der Waals surface area contributed by atoms with E-state index in [-0.39, 0.29) is 17.4 Å². The van der Waals surface area contributed by atoms with Crippen LogP contribution in [0.2, 0.25) is 5.02 Å². The van der Waals surface area contributed by atoms with Gasteiger partial charge in [0.05, 0.1) is 5.92 Å². The molecule has 6 nitrogen and oxygen atoms in total. The predicted octanol–water partition coefficient (Wildman–Crippen LogP) is 3.84. The molecule has 2 saturated heterocycles. The van der Waals surface area contributed by atoms with E-state index in [1.165, 1.54) is 0 Å². The van der Waals surface area contributed by atoms with Crippen LogP contribution in [-0.4, -0.2) is 67.0 Å². The van der Waals surface area contributed by atoms with Gasteiger partial charge in [0.15, 0.2) is 0 Å². The summed E-state index contributed by atoms with van der Waals surface area (Å²) in [6.45, 7) is 4.67. The van der Waals surface area contributed by atoms with Crippen molar-refractivity contribution in [3.05, 3.63) is 63.9 Å². The number of nitrogens with one attached hydrogen (secondary N) is 1. The lowest BCUT2D eigenvalue weighted by Crippen LogP contribution is -2.52. The van der Waals surface area contributed by atoms with E-state index in [4.69, 9.17) is 11.6 Å². The summed E-state index contributed by atoms with van der Waals surface area (Å²) in [5.41, 5.74) is 3.11. The van der Waals surface area contributed by atoms with Crippen molar-refractivity contribution in [1.29, 1.82) is 0 Å². The normalized spacial score (nSPS) is 19.8. The van der Waals surface area contributed by atoms with E-state index in [2.05, 4.69) is 21.8 Å². The summed E-state index contributed by atoms with van der Waals surface area (Å²) in [6.07, 6.45) is 1.74. The average Bonchev–Trinajstić information content (AvgIpc) is 2.84. The molecule has 0 bridgehead atoms. The molecule has 1 amide bonds. The Labute approximate surface area is 198 Å². The molecule has 0 spiro atoms. The van der Waals surface area contributed by atoms with Crippen molar-refractivity contribution < 1.29 is 4.79 Å². The summed E-state index contributed by atoms with van der Waals surface area (Å²) < 4.78 is 0. The first-order chi connectivity index (χ1) is 16.0. The molecule has 33 heavy (non-hydrogen) atoms. The number of pyridine rings is 1. The van der Waals surface area contributed by atoms with E-state index >= 15 is 0 Å². The van der Waals surface area contributed by atoms with Crippen LogP contribution in [0, 0.1) is 5.92 Å². The van der Waals surface area contributed by atoms with Crippen molar-refractivity contribution in [3.8, 4) is 11.1 Å². The van der Waals surface area contributed by atoms with Crippen LogP contribution >= 0.6 is 11.6 Å². The van der Waals surface area contributed by atoms with E-state index in [1.54, 1.807) is 6.07 Å². The zero-order valence-corrected chi connectivity index (χ0v) is 19.6. The Kier molecular flexibility index (Phi) is 6.13. The largest absolute Gasteiger partial charge is 0.366 e. The third kappa shape index (κ3) is 4.37. The van der Waals surface area contributed by atoms with Crippen molar-refractivity contribution in [3.63, 3.8) is 0 Å². The van der Waals surface area contributed by atoms with Crippen LogP contribution in [0.5, 0.6) is 0 Å². The second-order valence-corrected chi connectivity index (χ2v) is 9.58. The number of carbonyl (C=O) groups is 1. The number of rotatable bonds is 3. The Bertz CT molecular complexity index is 1220. The van der Waals surface area contributed by atoms with Crippen LogP contribution in [0.3, 0.4) is 0 Å². The van der Waals surface area contributed by atoms with Crippen molar-refractivity contribution >= 4 is 34.1 Å². The lowest BCUT2D eigenvalue weighted by Gasteiger charge is -2.39. The Morgan fingerprint density at radius 1 is 1.03 bits per heavy atom. The molecule has 2 aromatic carbocycles. The highest BCUT2D eigenvalue weighted by Crippen LogP contribution is 2.37. The molecule has 172 valence electrons. The molecule has 2 aliphatic rings. The number of hydrogen-bond donors (Lipinski definition) is 1. The summed E-state index contributed by atoms with van der Waals surface area (Å²) in [6, 6.07) is 15.5. The molecule has 0 aliphatic carbocycles. The number of likely N-dealkylation sites (N-methyl/N-ethyl adjacent to an activating group) is 1.